The Morgan fingerprint density at radius 3 is 2.75 bits per heavy atom. The maximum absolute atomic E-state index is 12.3. The van der Waals surface area contributed by atoms with Gasteiger partial charge < -0.3 is 10.2 Å². The number of nitrogens with zero attached hydrogens (tertiary/aromatic N) is 1. The minimum absolute atomic E-state index is 0.0291. The molecule has 0 bridgehead atoms. The van der Waals surface area contributed by atoms with Crippen LogP contribution in [0.1, 0.15) is 49.4 Å². The quantitative estimate of drug-likeness (QED) is 0.685. The van der Waals surface area contributed by atoms with E-state index < -0.39 is 0 Å². The van der Waals surface area contributed by atoms with E-state index in [1.54, 1.807) is 11.8 Å². The lowest BCUT2D eigenvalue weighted by molar-refractivity contribution is -0.119. The Labute approximate surface area is 173 Å². The molecule has 1 heterocycles. The number of anilines is 1. The van der Waals surface area contributed by atoms with Crippen molar-refractivity contribution in [1.82, 2.24) is 5.32 Å². The molecule has 2 aromatic rings. The molecule has 1 fully saturated rings. The lowest BCUT2D eigenvalue weighted by Gasteiger charge is -2.33. The van der Waals surface area contributed by atoms with Crippen LogP contribution in [-0.2, 0) is 10.5 Å². The molecule has 1 amide bonds. The summed E-state index contributed by atoms with van der Waals surface area (Å²) in [6.45, 7) is 8.77. The van der Waals surface area contributed by atoms with Gasteiger partial charge in [-0.25, -0.2) is 0 Å². The van der Waals surface area contributed by atoms with Gasteiger partial charge in [0.1, 0.15) is 0 Å². The summed E-state index contributed by atoms with van der Waals surface area (Å²) in [5.74, 6) is 2.22. The van der Waals surface area contributed by atoms with Crippen molar-refractivity contribution in [2.45, 2.75) is 45.4 Å². The highest BCUT2D eigenvalue weighted by atomic mass is 32.2. The van der Waals surface area contributed by atoms with E-state index in [4.69, 9.17) is 0 Å². The second kappa shape index (κ2) is 10.0. The summed E-state index contributed by atoms with van der Waals surface area (Å²) in [6.07, 6.45) is 2.61. The summed E-state index contributed by atoms with van der Waals surface area (Å²) < 4.78 is 0. The Morgan fingerprint density at radius 2 is 2.04 bits per heavy atom. The number of hydrogen-bond donors (Lipinski definition) is 1. The van der Waals surface area contributed by atoms with E-state index in [1.807, 2.05) is 0 Å². The molecule has 1 aliphatic heterocycles. The van der Waals surface area contributed by atoms with E-state index >= 15 is 0 Å². The maximum atomic E-state index is 12.3. The molecule has 4 heteroatoms. The SMILES string of the molecule is Cc1cccc(CSCC(=O)N[C@@H](C)c2ccc(N3CCC[C@H](C)C3)cc2)c1. The largest absolute Gasteiger partial charge is 0.371 e. The Bertz CT molecular complexity index is 774. The number of carbonyl (C=O) groups excluding carboxylic acids is 1. The molecule has 1 saturated heterocycles. The molecule has 1 aliphatic rings. The predicted octanol–water partition coefficient (Wildman–Crippen LogP) is 5.34. The average molecular weight is 397 g/mol. The van der Waals surface area contributed by atoms with E-state index in [0.29, 0.717) is 5.75 Å². The minimum atomic E-state index is 0.0291. The van der Waals surface area contributed by atoms with Gasteiger partial charge in [-0.1, -0.05) is 48.9 Å². The molecule has 1 N–H and O–H groups in total. The fourth-order valence-electron chi connectivity index (χ4n) is 3.83. The van der Waals surface area contributed by atoms with Crippen LogP contribution in [0, 0.1) is 12.8 Å². The van der Waals surface area contributed by atoms with Crippen molar-refractivity contribution < 1.29 is 4.79 Å². The van der Waals surface area contributed by atoms with Crippen molar-refractivity contribution in [1.29, 1.82) is 0 Å². The number of aryl methyl sites for hydroxylation is 1. The summed E-state index contributed by atoms with van der Waals surface area (Å²) in [5, 5.41) is 3.13. The number of piperidine rings is 1. The Morgan fingerprint density at radius 1 is 1.25 bits per heavy atom. The number of rotatable bonds is 7. The zero-order chi connectivity index (χ0) is 19.9. The summed E-state index contributed by atoms with van der Waals surface area (Å²) in [5.41, 5.74) is 4.99. The molecule has 0 aromatic heterocycles. The monoisotopic (exact) mass is 396 g/mol. The Hall–Kier alpha value is -1.94. The number of benzene rings is 2. The van der Waals surface area contributed by atoms with Crippen molar-refractivity contribution in [2.75, 3.05) is 23.7 Å². The van der Waals surface area contributed by atoms with E-state index in [0.717, 1.165) is 30.3 Å². The van der Waals surface area contributed by atoms with Crippen LogP contribution < -0.4 is 10.2 Å². The van der Waals surface area contributed by atoms with Gasteiger partial charge in [-0.2, -0.15) is 0 Å². The molecular formula is C24H32N2OS. The van der Waals surface area contributed by atoms with Crippen LogP contribution in [0.15, 0.2) is 48.5 Å². The van der Waals surface area contributed by atoms with Crippen LogP contribution in [0.5, 0.6) is 0 Å². The van der Waals surface area contributed by atoms with Crippen LogP contribution >= 0.6 is 11.8 Å². The van der Waals surface area contributed by atoms with E-state index in [-0.39, 0.29) is 11.9 Å². The van der Waals surface area contributed by atoms with Crippen molar-refractivity contribution >= 4 is 23.4 Å². The average Bonchev–Trinajstić information content (AvgIpc) is 2.68. The number of carbonyl (C=O) groups is 1. The van der Waals surface area contributed by atoms with Gasteiger partial charge in [-0.15, -0.1) is 11.8 Å². The van der Waals surface area contributed by atoms with Crippen molar-refractivity contribution in [2.24, 2.45) is 5.92 Å². The van der Waals surface area contributed by atoms with Crippen molar-refractivity contribution in [3.8, 4) is 0 Å². The highest BCUT2D eigenvalue weighted by Crippen LogP contribution is 2.24. The van der Waals surface area contributed by atoms with E-state index in [1.165, 1.54) is 29.7 Å². The van der Waals surface area contributed by atoms with Crippen LogP contribution in [0.3, 0.4) is 0 Å². The molecule has 2 atom stereocenters. The molecule has 0 unspecified atom stereocenters. The van der Waals surface area contributed by atoms with E-state index in [2.05, 4.69) is 79.5 Å². The molecule has 2 aromatic carbocycles. The van der Waals surface area contributed by atoms with Gasteiger partial charge in [0.15, 0.2) is 0 Å². The van der Waals surface area contributed by atoms with Crippen LogP contribution in [0.2, 0.25) is 0 Å². The lowest BCUT2D eigenvalue weighted by atomic mass is 9.99. The highest BCUT2D eigenvalue weighted by molar-refractivity contribution is 7.99. The number of nitrogens with one attached hydrogen (secondary N) is 1. The first-order valence-electron chi connectivity index (χ1n) is 10.3. The normalized spacial score (nSPS) is 18.0. The topological polar surface area (TPSA) is 32.3 Å². The Kier molecular flexibility index (Phi) is 7.43. The van der Waals surface area contributed by atoms with Gasteiger partial charge in [-0.05, 0) is 55.9 Å². The van der Waals surface area contributed by atoms with Gasteiger partial charge in [0.25, 0.3) is 0 Å². The van der Waals surface area contributed by atoms with Crippen LogP contribution in [0.4, 0.5) is 5.69 Å². The molecular weight excluding hydrogens is 364 g/mol. The molecule has 28 heavy (non-hydrogen) atoms. The first kappa shape index (κ1) is 20.8. The predicted molar refractivity (Wildman–Crippen MR) is 121 cm³/mol. The first-order chi connectivity index (χ1) is 13.5. The van der Waals surface area contributed by atoms with Gasteiger partial charge in [0.05, 0.1) is 11.8 Å². The molecule has 0 aliphatic carbocycles. The fraction of sp³-hybridized carbons (Fsp3) is 0.458. The maximum Gasteiger partial charge on any atom is 0.230 e. The van der Waals surface area contributed by atoms with Crippen molar-refractivity contribution in [3.63, 3.8) is 0 Å². The molecule has 3 rings (SSSR count). The molecule has 150 valence electrons. The van der Waals surface area contributed by atoms with E-state index in [9.17, 15) is 4.79 Å². The minimum Gasteiger partial charge on any atom is -0.371 e. The molecule has 3 nitrogen and oxygen atoms in total. The van der Waals surface area contributed by atoms with Gasteiger partial charge in [0.2, 0.25) is 5.91 Å². The van der Waals surface area contributed by atoms with Crippen molar-refractivity contribution in [3.05, 3.63) is 65.2 Å². The molecule has 0 saturated carbocycles. The highest BCUT2D eigenvalue weighted by Gasteiger charge is 2.17. The third kappa shape index (κ3) is 6.03. The smallest absolute Gasteiger partial charge is 0.230 e. The van der Waals surface area contributed by atoms with Crippen LogP contribution in [0.25, 0.3) is 0 Å². The zero-order valence-corrected chi connectivity index (χ0v) is 18.1. The molecule has 0 spiro atoms. The van der Waals surface area contributed by atoms with Gasteiger partial charge >= 0.3 is 0 Å². The standard InChI is InChI=1S/C24H32N2OS/c1-18-6-4-8-21(14-18)16-28-17-24(27)25-20(3)22-9-11-23(12-10-22)26-13-5-7-19(2)15-26/h4,6,8-12,14,19-20H,5,7,13,15-17H2,1-3H3,(H,25,27)/t19-,20-/m0/s1. The number of thioether (sulfide) groups is 1. The zero-order valence-electron chi connectivity index (χ0n) is 17.3. The summed E-state index contributed by atoms with van der Waals surface area (Å²) in [7, 11) is 0. The Balaban J connectivity index is 1.45. The second-order valence-electron chi connectivity index (χ2n) is 8.06. The summed E-state index contributed by atoms with van der Waals surface area (Å²) in [4.78, 5) is 14.8. The lowest BCUT2D eigenvalue weighted by Crippen LogP contribution is -2.34. The first-order valence-corrected chi connectivity index (χ1v) is 11.4. The van der Waals surface area contributed by atoms with Gasteiger partial charge in [-0.3, -0.25) is 4.79 Å². The fourth-order valence-corrected chi connectivity index (χ4v) is 4.61. The number of amides is 1. The van der Waals surface area contributed by atoms with Gasteiger partial charge in [0, 0.05) is 24.5 Å². The third-order valence-corrected chi connectivity index (χ3v) is 6.38. The van der Waals surface area contributed by atoms with Crippen LogP contribution in [-0.4, -0.2) is 24.7 Å². The molecule has 0 radical (unpaired) electrons. The third-order valence-electron chi connectivity index (χ3n) is 5.38. The number of hydrogen-bond acceptors (Lipinski definition) is 3. The second-order valence-corrected chi connectivity index (χ2v) is 9.04. The summed E-state index contributed by atoms with van der Waals surface area (Å²) in [6, 6.07) is 17.2. The summed E-state index contributed by atoms with van der Waals surface area (Å²) >= 11 is 1.66.